The fourth-order valence-electron chi connectivity index (χ4n) is 1.81. The van der Waals surface area contributed by atoms with Gasteiger partial charge < -0.3 is 5.73 Å². The van der Waals surface area contributed by atoms with Gasteiger partial charge in [-0.1, -0.05) is 12.1 Å². The van der Waals surface area contributed by atoms with Gasteiger partial charge in [-0.3, -0.25) is 0 Å². The normalized spacial score (nSPS) is 13.2. The van der Waals surface area contributed by atoms with E-state index in [-0.39, 0.29) is 11.9 Å². The van der Waals surface area contributed by atoms with Crippen molar-refractivity contribution in [2.45, 2.75) is 25.6 Å². The van der Waals surface area contributed by atoms with Crippen molar-refractivity contribution < 1.29 is 13.2 Å². The quantitative estimate of drug-likeness (QED) is 0.940. The molecule has 0 bridgehead atoms. The molecule has 2 N–H and O–H groups in total. The third-order valence-electron chi connectivity index (χ3n) is 2.69. The summed E-state index contributed by atoms with van der Waals surface area (Å²) in [5, 5.41) is 0. The van der Waals surface area contributed by atoms with E-state index in [0.29, 0.717) is 17.7 Å². The number of halogens is 3. The Morgan fingerprint density at radius 1 is 1.25 bits per heavy atom. The Hall–Kier alpha value is -1.95. The van der Waals surface area contributed by atoms with Crippen molar-refractivity contribution in [2.24, 2.45) is 5.73 Å². The molecule has 1 aromatic heterocycles. The van der Waals surface area contributed by atoms with E-state index < -0.39 is 11.7 Å². The van der Waals surface area contributed by atoms with E-state index in [1.54, 1.807) is 12.1 Å². The average molecular weight is 281 g/mol. The summed E-state index contributed by atoms with van der Waals surface area (Å²) in [6.45, 7) is 1.84. The van der Waals surface area contributed by atoms with Crippen molar-refractivity contribution in [1.82, 2.24) is 9.97 Å². The Bertz CT molecular complexity index is 594. The number of benzene rings is 1. The van der Waals surface area contributed by atoms with E-state index in [0.717, 1.165) is 12.1 Å². The first kappa shape index (κ1) is 14.5. The molecule has 0 saturated carbocycles. The van der Waals surface area contributed by atoms with Crippen LogP contribution in [0.15, 0.2) is 36.5 Å². The number of hydrogen-bond acceptors (Lipinski definition) is 3. The van der Waals surface area contributed by atoms with Crippen LogP contribution in [-0.4, -0.2) is 16.0 Å². The van der Waals surface area contributed by atoms with Gasteiger partial charge in [-0.25, -0.2) is 9.97 Å². The summed E-state index contributed by atoms with van der Waals surface area (Å²) in [6.07, 6.45) is -2.30. The van der Waals surface area contributed by atoms with Crippen LogP contribution in [0.25, 0.3) is 11.4 Å². The molecule has 0 aliphatic rings. The second-order valence-corrected chi connectivity index (χ2v) is 4.63. The van der Waals surface area contributed by atoms with Gasteiger partial charge in [0.1, 0.15) is 0 Å². The van der Waals surface area contributed by atoms with Crippen LogP contribution in [0.2, 0.25) is 0 Å². The number of nitrogens with zero attached hydrogens (tertiary/aromatic N) is 2. The number of rotatable bonds is 3. The minimum Gasteiger partial charge on any atom is -0.328 e. The molecule has 0 amide bonds. The van der Waals surface area contributed by atoms with Gasteiger partial charge in [0, 0.05) is 29.9 Å². The molecule has 0 saturated heterocycles. The van der Waals surface area contributed by atoms with Gasteiger partial charge in [-0.05, 0) is 25.1 Å². The lowest BCUT2D eigenvalue weighted by Crippen LogP contribution is -2.18. The standard InChI is InChI=1S/C14H14F3N3/c1-9(18)7-12-5-6-19-13(20-12)10-3-2-4-11(8-10)14(15,16)17/h2-6,8-9H,7,18H2,1H3. The maximum absolute atomic E-state index is 12.7. The van der Waals surface area contributed by atoms with Crippen molar-refractivity contribution in [3.8, 4) is 11.4 Å². The smallest absolute Gasteiger partial charge is 0.328 e. The summed E-state index contributed by atoms with van der Waals surface area (Å²) in [6, 6.07) is 6.61. The van der Waals surface area contributed by atoms with E-state index in [2.05, 4.69) is 9.97 Å². The minimum atomic E-state index is -4.38. The first-order valence-electron chi connectivity index (χ1n) is 6.11. The molecule has 6 heteroatoms. The molecule has 2 rings (SSSR count). The van der Waals surface area contributed by atoms with Crippen LogP contribution in [0.1, 0.15) is 18.2 Å². The molecule has 2 aromatic rings. The van der Waals surface area contributed by atoms with E-state index in [9.17, 15) is 13.2 Å². The predicted octanol–water partition coefficient (Wildman–Crippen LogP) is 3.05. The average Bonchev–Trinajstić information content (AvgIpc) is 2.37. The number of hydrogen-bond donors (Lipinski definition) is 1. The SMILES string of the molecule is CC(N)Cc1ccnc(-c2cccc(C(F)(F)F)c2)n1. The van der Waals surface area contributed by atoms with E-state index in [4.69, 9.17) is 5.73 Å². The highest BCUT2D eigenvalue weighted by atomic mass is 19.4. The Labute approximate surface area is 114 Å². The summed E-state index contributed by atoms with van der Waals surface area (Å²) in [4.78, 5) is 8.27. The van der Waals surface area contributed by atoms with Crippen LogP contribution in [-0.2, 0) is 12.6 Å². The van der Waals surface area contributed by atoms with Gasteiger partial charge >= 0.3 is 6.18 Å². The summed E-state index contributed by atoms with van der Waals surface area (Å²) in [5.74, 6) is 0.272. The lowest BCUT2D eigenvalue weighted by atomic mass is 10.1. The van der Waals surface area contributed by atoms with Crippen molar-refractivity contribution >= 4 is 0 Å². The van der Waals surface area contributed by atoms with E-state index in [1.165, 1.54) is 12.3 Å². The molecule has 1 aromatic carbocycles. The molecule has 1 unspecified atom stereocenters. The Balaban J connectivity index is 2.36. The molecule has 106 valence electrons. The van der Waals surface area contributed by atoms with Crippen LogP contribution in [0.3, 0.4) is 0 Å². The second-order valence-electron chi connectivity index (χ2n) is 4.63. The van der Waals surface area contributed by atoms with E-state index >= 15 is 0 Å². The molecule has 0 spiro atoms. The van der Waals surface area contributed by atoms with Gasteiger partial charge in [-0.2, -0.15) is 13.2 Å². The van der Waals surface area contributed by atoms with Gasteiger partial charge in [-0.15, -0.1) is 0 Å². The Morgan fingerprint density at radius 3 is 2.65 bits per heavy atom. The molecule has 0 aliphatic carbocycles. The van der Waals surface area contributed by atoms with Crippen molar-refractivity contribution in [2.75, 3.05) is 0 Å². The molecule has 3 nitrogen and oxygen atoms in total. The highest BCUT2D eigenvalue weighted by Gasteiger charge is 2.30. The van der Waals surface area contributed by atoms with Crippen LogP contribution < -0.4 is 5.73 Å². The molecular formula is C14H14F3N3. The third kappa shape index (κ3) is 3.54. The molecule has 0 fully saturated rings. The topological polar surface area (TPSA) is 51.8 Å². The molecular weight excluding hydrogens is 267 g/mol. The van der Waals surface area contributed by atoms with Gasteiger partial charge in [0.25, 0.3) is 0 Å². The van der Waals surface area contributed by atoms with Crippen LogP contribution in [0, 0.1) is 0 Å². The van der Waals surface area contributed by atoms with Crippen LogP contribution in [0.5, 0.6) is 0 Å². The number of aromatic nitrogens is 2. The molecule has 1 heterocycles. The van der Waals surface area contributed by atoms with Gasteiger partial charge in [0.05, 0.1) is 5.56 Å². The Morgan fingerprint density at radius 2 is 2.00 bits per heavy atom. The summed E-state index contributed by atoms with van der Waals surface area (Å²) in [7, 11) is 0. The maximum Gasteiger partial charge on any atom is 0.416 e. The first-order chi connectivity index (χ1) is 9.36. The van der Waals surface area contributed by atoms with Crippen LogP contribution in [0.4, 0.5) is 13.2 Å². The van der Waals surface area contributed by atoms with Gasteiger partial charge in [0.15, 0.2) is 5.82 Å². The molecule has 0 radical (unpaired) electrons. The zero-order valence-electron chi connectivity index (χ0n) is 10.9. The molecule has 0 aliphatic heterocycles. The predicted molar refractivity (Wildman–Crippen MR) is 69.8 cm³/mol. The minimum absolute atomic E-state index is 0.0701. The maximum atomic E-state index is 12.7. The monoisotopic (exact) mass is 281 g/mol. The highest BCUT2D eigenvalue weighted by Crippen LogP contribution is 2.31. The number of nitrogens with two attached hydrogens (primary N) is 1. The molecule has 1 atom stereocenters. The summed E-state index contributed by atoms with van der Waals surface area (Å²) in [5.41, 5.74) is 6.02. The fourth-order valence-corrected chi connectivity index (χ4v) is 1.81. The van der Waals surface area contributed by atoms with E-state index in [1.807, 2.05) is 6.92 Å². The Kier molecular flexibility index (Phi) is 4.04. The number of alkyl halides is 3. The van der Waals surface area contributed by atoms with Crippen LogP contribution >= 0.6 is 0 Å². The highest BCUT2D eigenvalue weighted by molar-refractivity contribution is 5.56. The largest absolute Gasteiger partial charge is 0.416 e. The first-order valence-corrected chi connectivity index (χ1v) is 6.11. The third-order valence-corrected chi connectivity index (χ3v) is 2.69. The van der Waals surface area contributed by atoms with Crippen molar-refractivity contribution in [3.63, 3.8) is 0 Å². The summed E-state index contributed by atoms with van der Waals surface area (Å²) < 4.78 is 38.0. The van der Waals surface area contributed by atoms with Gasteiger partial charge in [0.2, 0.25) is 0 Å². The fraction of sp³-hybridized carbons (Fsp3) is 0.286. The van der Waals surface area contributed by atoms with Crippen molar-refractivity contribution in [3.05, 3.63) is 47.8 Å². The second kappa shape index (κ2) is 5.58. The molecule has 20 heavy (non-hydrogen) atoms. The lowest BCUT2D eigenvalue weighted by Gasteiger charge is -2.09. The zero-order chi connectivity index (χ0) is 14.8. The lowest BCUT2D eigenvalue weighted by molar-refractivity contribution is -0.137. The zero-order valence-corrected chi connectivity index (χ0v) is 10.9. The summed E-state index contributed by atoms with van der Waals surface area (Å²) >= 11 is 0. The van der Waals surface area contributed by atoms with Crippen molar-refractivity contribution in [1.29, 1.82) is 0 Å².